The van der Waals surface area contributed by atoms with E-state index in [4.69, 9.17) is 10.6 Å². The van der Waals surface area contributed by atoms with Crippen molar-refractivity contribution in [3.63, 3.8) is 0 Å². The van der Waals surface area contributed by atoms with Crippen molar-refractivity contribution in [3.05, 3.63) is 107 Å². The molecule has 1 aliphatic rings. The summed E-state index contributed by atoms with van der Waals surface area (Å²) in [4.78, 5) is 23.7. The molecule has 6 rings (SSSR count). The fraction of sp³-hybridized carbons (Fsp3) is 0.212. The Morgan fingerprint density at radius 1 is 1.17 bits per heavy atom. The van der Waals surface area contributed by atoms with Gasteiger partial charge in [-0.15, -0.1) is 11.3 Å². The Kier molecular flexibility index (Phi) is 8.43. The van der Waals surface area contributed by atoms with Gasteiger partial charge in [0.25, 0.3) is 5.91 Å². The van der Waals surface area contributed by atoms with Gasteiger partial charge in [-0.1, -0.05) is 55.1 Å². The number of carbonyl (C=O) groups is 1. The zero-order chi connectivity index (χ0) is 28.9. The number of nitrogen functional groups attached to an aromatic ring is 1. The highest BCUT2D eigenvalue weighted by atomic mass is 32.1. The standard InChI is InChI=1S/C33H34N6O2S/c1-2-25-29(16-23(17-30(25)38-34)26-11-6-12-28-27(26)13-14-35-28)37-33(40)31-21-42-32(36-31)19-39-15-7-10-24(18-39)41-20-22-8-4-3-5-9-22/h2-6,8-9,11-14,16-17,21,24,35,38H,1,7,10,15,18-20,34H2,(H,37,40). The summed E-state index contributed by atoms with van der Waals surface area (Å²) in [6.07, 6.45) is 5.92. The molecule has 214 valence electrons. The Labute approximate surface area is 249 Å². The topological polar surface area (TPSA) is 108 Å². The van der Waals surface area contributed by atoms with Gasteiger partial charge in [0.05, 0.1) is 30.6 Å². The molecule has 1 amide bonds. The number of amides is 1. The van der Waals surface area contributed by atoms with Crippen molar-refractivity contribution in [2.24, 2.45) is 5.84 Å². The van der Waals surface area contributed by atoms with Crippen LogP contribution >= 0.6 is 11.3 Å². The molecule has 0 bridgehead atoms. The Hall–Kier alpha value is -4.28. The lowest BCUT2D eigenvalue weighted by Crippen LogP contribution is -2.39. The number of benzene rings is 3. The molecule has 0 radical (unpaired) electrons. The third-order valence-corrected chi connectivity index (χ3v) is 8.46. The number of hydrogen-bond donors (Lipinski definition) is 4. The van der Waals surface area contributed by atoms with Gasteiger partial charge in [-0.25, -0.2) is 4.98 Å². The number of fused-ring (bicyclic) bond motifs is 1. The van der Waals surface area contributed by atoms with E-state index in [2.05, 4.69) is 50.4 Å². The number of aromatic amines is 1. The SMILES string of the molecule is C=Cc1c(NN)cc(-c2cccc3[nH]ccc23)cc1NC(=O)c1csc(CN2CCCC(OCc3ccccc3)C2)n1. The molecule has 5 N–H and O–H groups in total. The molecule has 0 aliphatic carbocycles. The highest BCUT2D eigenvalue weighted by molar-refractivity contribution is 7.09. The highest BCUT2D eigenvalue weighted by Crippen LogP contribution is 2.36. The minimum Gasteiger partial charge on any atom is -0.372 e. The molecule has 0 saturated carbocycles. The number of piperidine rings is 1. The fourth-order valence-electron chi connectivity index (χ4n) is 5.54. The Balaban J connectivity index is 1.15. The summed E-state index contributed by atoms with van der Waals surface area (Å²) in [5, 5.41) is 6.86. The van der Waals surface area contributed by atoms with Crippen LogP contribution in [-0.2, 0) is 17.9 Å². The number of hydrazine groups is 1. The molecular weight excluding hydrogens is 544 g/mol. The maximum atomic E-state index is 13.4. The molecule has 42 heavy (non-hydrogen) atoms. The zero-order valence-corrected chi connectivity index (χ0v) is 24.1. The number of nitrogens with zero attached hydrogens (tertiary/aromatic N) is 2. The summed E-state index contributed by atoms with van der Waals surface area (Å²) in [6, 6.07) is 22.3. The molecule has 3 heterocycles. The number of anilines is 2. The van der Waals surface area contributed by atoms with E-state index in [1.54, 1.807) is 6.08 Å². The van der Waals surface area contributed by atoms with Crippen molar-refractivity contribution in [2.45, 2.75) is 32.1 Å². The van der Waals surface area contributed by atoms with Gasteiger partial charge >= 0.3 is 0 Å². The molecule has 9 heteroatoms. The van der Waals surface area contributed by atoms with E-state index in [1.165, 1.54) is 16.9 Å². The van der Waals surface area contributed by atoms with E-state index in [0.717, 1.165) is 53.0 Å². The lowest BCUT2D eigenvalue weighted by atomic mass is 9.97. The average molecular weight is 579 g/mol. The summed E-state index contributed by atoms with van der Waals surface area (Å²) >= 11 is 1.50. The molecular formula is C33H34N6O2S. The molecule has 8 nitrogen and oxygen atoms in total. The summed E-state index contributed by atoms with van der Waals surface area (Å²) in [5.74, 6) is 5.61. The van der Waals surface area contributed by atoms with Crippen LogP contribution in [0.4, 0.5) is 11.4 Å². The molecule has 1 aliphatic heterocycles. The maximum absolute atomic E-state index is 13.4. The van der Waals surface area contributed by atoms with Gasteiger partial charge in [0.2, 0.25) is 0 Å². The van der Waals surface area contributed by atoms with Crippen LogP contribution < -0.4 is 16.6 Å². The van der Waals surface area contributed by atoms with Crippen molar-refractivity contribution in [1.29, 1.82) is 0 Å². The van der Waals surface area contributed by atoms with Crippen LogP contribution in [-0.4, -0.2) is 40.0 Å². The number of hydrogen-bond acceptors (Lipinski definition) is 7. The molecule has 1 saturated heterocycles. The minimum absolute atomic E-state index is 0.189. The summed E-state index contributed by atoms with van der Waals surface area (Å²) in [7, 11) is 0. The second-order valence-electron chi connectivity index (χ2n) is 10.5. The normalized spacial score (nSPS) is 15.5. The number of aromatic nitrogens is 2. The van der Waals surface area contributed by atoms with Crippen LogP contribution in [0.15, 0.2) is 84.9 Å². The van der Waals surface area contributed by atoms with Crippen molar-refractivity contribution in [2.75, 3.05) is 23.8 Å². The lowest BCUT2D eigenvalue weighted by molar-refractivity contribution is -0.0120. The van der Waals surface area contributed by atoms with Gasteiger partial charge < -0.3 is 20.5 Å². The molecule has 2 aromatic heterocycles. The smallest absolute Gasteiger partial charge is 0.275 e. The predicted molar refractivity (Wildman–Crippen MR) is 171 cm³/mol. The second-order valence-corrected chi connectivity index (χ2v) is 11.4. The van der Waals surface area contributed by atoms with E-state index < -0.39 is 0 Å². The number of carbonyl (C=O) groups excluding carboxylic acids is 1. The van der Waals surface area contributed by atoms with Crippen LogP contribution in [0.2, 0.25) is 0 Å². The van der Waals surface area contributed by atoms with E-state index in [0.29, 0.717) is 35.8 Å². The van der Waals surface area contributed by atoms with Gasteiger partial charge in [0, 0.05) is 34.6 Å². The number of rotatable bonds is 10. The molecule has 0 spiro atoms. The fourth-order valence-corrected chi connectivity index (χ4v) is 6.35. The first-order valence-corrected chi connectivity index (χ1v) is 15.0. The summed E-state index contributed by atoms with van der Waals surface area (Å²) < 4.78 is 6.20. The summed E-state index contributed by atoms with van der Waals surface area (Å²) in [6.45, 7) is 7.11. The largest absolute Gasteiger partial charge is 0.372 e. The number of nitrogens with one attached hydrogen (secondary N) is 3. The van der Waals surface area contributed by atoms with Crippen molar-refractivity contribution in [1.82, 2.24) is 14.9 Å². The lowest BCUT2D eigenvalue weighted by Gasteiger charge is -2.32. The number of H-pyrrole nitrogens is 1. The van der Waals surface area contributed by atoms with Gasteiger partial charge in [0.15, 0.2) is 0 Å². The third-order valence-electron chi connectivity index (χ3n) is 7.63. The van der Waals surface area contributed by atoms with Crippen LogP contribution in [0, 0.1) is 0 Å². The Bertz CT molecular complexity index is 1700. The number of thiazole rings is 1. The Morgan fingerprint density at radius 2 is 2.02 bits per heavy atom. The molecule has 1 atom stereocenters. The van der Waals surface area contributed by atoms with Crippen LogP contribution in [0.5, 0.6) is 0 Å². The van der Waals surface area contributed by atoms with Crippen molar-refractivity contribution < 1.29 is 9.53 Å². The van der Waals surface area contributed by atoms with Crippen LogP contribution in [0.25, 0.3) is 28.1 Å². The minimum atomic E-state index is -0.275. The van der Waals surface area contributed by atoms with Gasteiger partial charge in [0.1, 0.15) is 10.7 Å². The van der Waals surface area contributed by atoms with Gasteiger partial charge in [-0.3, -0.25) is 15.5 Å². The van der Waals surface area contributed by atoms with Crippen molar-refractivity contribution >= 4 is 45.6 Å². The van der Waals surface area contributed by atoms with E-state index >= 15 is 0 Å². The van der Waals surface area contributed by atoms with Crippen molar-refractivity contribution in [3.8, 4) is 11.1 Å². The quantitative estimate of drug-likeness (QED) is 0.109. The molecule has 5 aromatic rings. The van der Waals surface area contributed by atoms with E-state index in [9.17, 15) is 4.79 Å². The predicted octanol–water partition coefficient (Wildman–Crippen LogP) is 6.65. The van der Waals surface area contributed by atoms with E-state index in [1.807, 2.05) is 60.1 Å². The third kappa shape index (κ3) is 6.14. The first kappa shape index (κ1) is 27.9. The van der Waals surface area contributed by atoms with Gasteiger partial charge in [-0.2, -0.15) is 0 Å². The average Bonchev–Trinajstić information content (AvgIpc) is 3.70. The van der Waals surface area contributed by atoms with E-state index in [-0.39, 0.29) is 12.0 Å². The first-order chi connectivity index (χ1) is 20.6. The number of likely N-dealkylation sites (tertiary alicyclic amines) is 1. The summed E-state index contributed by atoms with van der Waals surface area (Å²) in [5.41, 5.74) is 9.30. The zero-order valence-electron chi connectivity index (χ0n) is 23.3. The maximum Gasteiger partial charge on any atom is 0.275 e. The van der Waals surface area contributed by atoms with Crippen LogP contribution in [0.1, 0.15) is 39.5 Å². The monoisotopic (exact) mass is 578 g/mol. The number of ether oxygens (including phenoxy) is 1. The first-order valence-electron chi connectivity index (χ1n) is 14.1. The second kappa shape index (κ2) is 12.7. The van der Waals surface area contributed by atoms with Crippen LogP contribution in [0.3, 0.4) is 0 Å². The molecule has 3 aromatic carbocycles. The van der Waals surface area contributed by atoms with Gasteiger partial charge in [-0.05, 0) is 60.3 Å². The Morgan fingerprint density at radius 3 is 2.86 bits per heavy atom. The molecule has 1 fully saturated rings. The molecule has 1 unspecified atom stereocenters. The number of nitrogens with two attached hydrogens (primary N) is 1. The highest BCUT2D eigenvalue weighted by Gasteiger charge is 2.22.